The molecule has 1 aliphatic carbocycles. The summed E-state index contributed by atoms with van der Waals surface area (Å²) < 4.78 is 0. The van der Waals surface area contributed by atoms with Gasteiger partial charge in [0.2, 0.25) is 0 Å². The molecule has 0 amide bonds. The van der Waals surface area contributed by atoms with E-state index in [1.807, 2.05) is 0 Å². The Balaban J connectivity index is 2.29. The van der Waals surface area contributed by atoms with Gasteiger partial charge in [0.05, 0.1) is 0 Å². The summed E-state index contributed by atoms with van der Waals surface area (Å²) in [4.78, 5) is 0. The van der Waals surface area contributed by atoms with Gasteiger partial charge in [0, 0.05) is 0 Å². The molecule has 90 valence electrons. The van der Waals surface area contributed by atoms with E-state index in [2.05, 4.69) is 65.0 Å². The number of rotatable bonds is 1. The molecular formula is C17H22. The third kappa shape index (κ3) is 2.52. The lowest BCUT2D eigenvalue weighted by atomic mass is 9.86. The van der Waals surface area contributed by atoms with Crippen LogP contribution < -0.4 is 0 Å². The second kappa shape index (κ2) is 4.18. The van der Waals surface area contributed by atoms with Crippen molar-refractivity contribution in [1.82, 2.24) is 0 Å². The number of allylic oxidation sites excluding steroid dienone is 4. The lowest BCUT2D eigenvalue weighted by Gasteiger charge is -2.19. The summed E-state index contributed by atoms with van der Waals surface area (Å²) in [6.07, 6.45) is 3.41. The Morgan fingerprint density at radius 3 is 1.94 bits per heavy atom. The summed E-state index contributed by atoms with van der Waals surface area (Å²) in [5, 5.41) is 0. The fourth-order valence-electron chi connectivity index (χ4n) is 2.43. The van der Waals surface area contributed by atoms with Crippen LogP contribution in [0.3, 0.4) is 0 Å². The molecule has 2 rings (SSSR count). The molecule has 0 aliphatic heterocycles. The molecule has 0 fully saturated rings. The average Bonchev–Trinajstić information content (AvgIpc) is 2.57. The van der Waals surface area contributed by atoms with E-state index < -0.39 is 0 Å². The molecule has 1 aromatic carbocycles. The van der Waals surface area contributed by atoms with Crippen LogP contribution in [0.15, 0.2) is 41.5 Å². The van der Waals surface area contributed by atoms with Crippen LogP contribution in [0.4, 0.5) is 0 Å². The standard InChI is InChI=1S/C17H22/c1-12-10-13(2)16(11-12)14-6-8-15(9-7-14)17(3,4)5/h6-10H,11H2,1-5H3. The van der Waals surface area contributed by atoms with Crippen molar-refractivity contribution < 1.29 is 0 Å². The Labute approximate surface area is 105 Å². The normalized spacial score (nSPS) is 16.4. The molecule has 0 nitrogen and oxygen atoms in total. The van der Waals surface area contributed by atoms with Gasteiger partial charge in [-0.25, -0.2) is 0 Å². The molecule has 17 heavy (non-hydrogen) atoms. The summed E-state index contributed by atoms with van der Waals surface area (Å²) in [6, 6.07) is 9.07. The summed E-state index contributed by atoms with van der Waals surface area (Å²) >= 11 is 0. The smallest absolute Gasteiger partial charge is 0.00581 e. The predicted octanol–water partition coefficient (Wildman–Crippen LogP) is 5.11. The molecule has 0 spiro atoms. The van der Waals surface area contributed by atoms with Crippen molar-refractivity contribution in [1.29, 1.82) is 0 Å². The Morgan fingerprint density at radius 2 is 1.53 bits per heavy atom. The van der Waals surface area contributed by atoms with Crippen LogP contribution in [0.5, 0.6) is 0 Å². The monoisotopic (exact) mass is 226 g/mol. The second-order valence-electron chi connectivity index (χ2n) is 6.16. The Morgan fingerprint density at radius 1 is 0.941 bits per heavy atom. The molecule has 1 aliphatic rings. The predicted molar refractivity (Wildman–Crippen MR) is 76.1 cm³/mol. The first-order valence-corrected chi connectivity index (χ1v) is 6.36. The van der Waals surface area contributed by atoms with Crippen molar-refractivity contribution in [3.63, 3.8) is 0 Å². The van der Waals surface area contributed by atoms with Gasteiger partial charge in [0.1, 0.15) is 0 Å². The summed E-state index contributed by atoms with van der Waals surface area (Å²) in [5.41, 5.74) is 7.41. The van der Waals surface area contributed by atoms with E-state index in [1.165, 1.54) is 27.8 Å². The Bertz CT molecular complexity index is 476. The molecule has 0 saturated heterocycles. The van der Waals surface area contributed by atoms with E-state index in [4.69, 9.17) is 0 Å². The first-order chi connectivity index (χ1) is 7.88. The highest BCUT2D eigenvalue weighted by molar-refractivity contribution is 5.75. The fraction of sp³-hybridized carbons (Fsp3) is 0.412. The second-order valence-corrected chi connectivity index (χ2v) is 6.16. The van der Waals surface area contributed by atoms with Crippen LogP contribution in [-0.4, -0.2) is 0 Å². The Kier molecular flexibility index (Phi) is 2.99. The Hall–Kier alpha value is -1.30. The van der Waals surface area contributed by atoms with Crippen LogP contribution in [-0.2, 0) is 5.41 Å². The van der Waals surface area contributed by atoms with E-state index in [0.29, 0.717) is 0 Å². The van der Waals surface area contributed by atoms with Gasteiger partial charge < -0.3 is 0 Å². The van der Waals surface area contributed by atoms with Gasteiger partial charge in [-0.2, -0.15) is 0 Å². The van der Waals surface area contributed by atoms with Crippen LogP contribution >= 0.6 is 0 Å². The number of benzene rings is 1. The minimum Gasteiger partial charge on any atom is -0.0686 e. The first kappa shape index (κ1) is 12.2. The SMILES string of the molecule is CC1=CC(C)=C(c2ccc(C(C)(C)C)cc2)C1. The average molecular weight is 226 g/mol. The van der Waals surface area contributed by atoms with Crippen LogP contribution in [0.25, 0.3) is 5.57 Å². The van der Waals surface area contributed by atoms with E-state index in [-0.39, 0.29) is 5.41 Å². The molecule has 0 bridgehead atoms. The van der Waals surface area contributed by atoms with Gasteiger partial charge in [0.15, 0.2) is 0 Å². The highest BCUT2D eigenvalue weighted by atomic mass is 14.2. The van der Waals surface area contributed by atoms with Crippen molar-refractivity contribution in [2.45, 2.75) is 46.5 Å². The van der Waals surface area contributed by atoms with Crippen LogP contribution in [0, 0.1) is 0 Å². The minimum atomic E-state index is 0.242. The topological polar surface area (TPSA) is 0 Å². The van der Waals surface area contributed by atoms with Gasteiger partial charge in [0.25, 0.3) is 0 Å². The zero-order valence-corrected chi connectivity index (χ0v) is 11.6. The largest absolute Gasteiger partial charge is 0.0686 e. The summed E-state index contributed by atoms with van der Waals surface area (Å²) in [7, 11) is 0. The number of hydrogen-bond acceptors (Lipinski definition) is 0. The van der Waals surface area contributed by atoms with Crippen molar-refractivity contribution in [2.75, 3.05) is 0 Å². The zero-order chi connectivity index (χ0) is 12.6. The maximum atomic E-state index is 2.30. The highest BCUT2D eigenvalue weighted by Crippen LogP contribution is 2.33. The molecule has 0 heterocycles. The lowest BCUT2D eigenvalue weighted by molar-refractivity contribution is 0.590. The van der Waals surface area contributed by atoms with Gasteiger partial charge in [-0.3, -0.25) is 0 Å². The summed E-state index contributed by atoms with van der Waals surface area (Å²) in [6.45, 7) is 11.2. The third-order valence-corrected chi connectivity index (χ3v) is 3.49. The molecule has 0 saturated carbocycles. The maximum Gasteiger partial charge on any atom is -0.00581 e. The fourth-order valence-corrected chi connectivity index (χ4v) is 2.43. The molecule has 0 N–H and O–H groups in total. The summed E-state index contributed by atoms with van der Waals surface area (Å²) in [5.74, 6) is 0. The molecule has 0 radical (unpaired) electrons. The van der Waals surface area contributed by atoms with Gasteiger partial charge in [-0.1, -0.05) is 56.7 Å². The first-order valence-electron chi connectivity index (χ1n) is 6.36. The number of hydrogen-bond donors (Lipinski definition) is 0. The molecule has 0 atom stereocenters. The van der Waals surface area contributed by atoms with Crippen LogP contribution in [0.1, 0.15) is 52.2 Å². The van der Waals surface area contributed by atoms with Crippen molar-refractivity contribution in [3.8, 4) is 0 Å². The van der Waals surface area contributed by atoms with Crippen molar-refractivity contribution in [2.24, 2.45) is 0 Å². The zero-order valence-electron chi connectivity index (χ0n) is 11.6. The lowest BCUT2D eigenvalue weighted by Crippen LogP contribution is -2.10. The molecule has 0 aromatic heterocycles. The highest BCUT2D eigenvalue weighted by Gasteiger charge is 2.15. The van der Waals surface area contributed by atoms with Gasteiger partial charge in [-0.05, 0) is 48.0 Å². The van der Waals surface area contributed by atoms with Gasteiger partial charge in [-0.15, -0.1) is 0 Å². The van der Waals surface area contributed by atoms with Crippen molar-refractivity contribution in [3.05, 3.63) is 52.6 Å². The molecule has 0 heteroatoms. The van der Waals surface area contributed by atoms with Gasteiger partial charge >= 0.3 is 0 Å². The third-order valence-electron chi connectivity index (χ3n) is 3.49. The maximum absolute atomic E-state index is 2.30. The molecule has 1 aromatic rings. The molecular weight excluding hydrogens is 204 g/mol. The van der Waals surface area contributed by atoms with Crippen molar-refractivity contribution >= 4 is 5.57 Å². The van der Waals surface area contributed by atoms with E-state index in [9.17, 15) is 0 Å². The quantitative estimate of drug-likeness (QED) is 0.624. The van der Waals surface area contributed by atoms with E-state index in [1.54, 1.807) is 0 Å². The van der Waals surface area contributed by atoms with E-state index >= 15 is 0 Å². The molecule has 0 unspecified atom stereocenters. The minimum absolute atomic E-state index is 0.242. The van der Waals surface area contributed by atoms with Crippen LogP contribution in [0.2, 0.25) is 0 Å². The van der Waals surface area contributed by atoms with E-state index in [0.717, 1.165) is 6.42 Å².